The Bertz CT molecular complexity index is 621. The highest BCUT2D eigenvalue weighted by Gasteiger charge is 2.13. The molecule has 19 heavy (non-hydrogen) atoms. The van der Waals surface area contributed by atoms with E-state index in [1.807, 2.05) is 13.0 Å². The van der Waals surface area contributed by atoms with Gasteiger partial charge >= 0.3 is 0 Å². The highest BCUT2D eigenvalue weighted by molar-refractivity contribution is 6.34. The largest absolute Gasteiger partial charge is 0.508 e. The molecular weight excluding hydrogens is 264 g/mol. The van der Waals surface area contributed by atoms with E-state index in [9.17, 15) is 9.90 Å². The lowest BCUT2D eigenvalue weighted by Crippen LogP contribution is -2.15. The quantitative estimate of drug-likeness (QED) is 0.582. The van der Waals surface area contributed by atoms with Gasteiger partial charge in [-0.25, -0.2) is 0 Å². The van der Waals surface area contributed by atoms with Gasteiger partial charge in [0.1, 0.15) is 5.75 Å². The highest BCUT2D eigenvalue weighted by atomic mass is 35.5. The molecule has 0 heterocycles. The van der Waals surface area contributed by atoms with Crippen LogP contribution in [0.25, 0.3) is 0 Å². The van der Waals surface area contributed by atoms with Crippen molar-refractivity contribution in [3.8, 4) is 5.75 Å². The number of carbonyl (C=O) groups excluding carboxylic acids is 1. The van der Waals surface area contributed by atoms with E-state index in [2.05, 4.69) is 5.32 Å². The molecule has 0 atom stereocenters. The summed E-state index contributed by atoms with van der Waals surface area (Å²) in [6.07, 6.45) is 0. The first-order valence-corrected chi connectivity index (χ1v) is 6.02. The van der Waals surface area contributed by atoms with Gasteiger partial charge in [-0.2, -0.15) is 0 Å². The van der Waals surface area contributed by atoms with Crippen molar-refractivity contribution in [2.45, 2.75) is 6.92 Å². The summed E-state index contributed by atoms with van der Waals surface area (Å²) in [7, 11) is 0. The predicted molar refractivity (Wildman–Crippen MR) is 76.7 cm³/mol. The van der Waals surface area contributed by atoms with Gasteiger partial charge in [0.05, 0.1) is 16.3 Å². The number of benzene rings is 2. The number of halogens is 1. The van der Waals surface area contributed by atoms with Crippen molar-refractivity contribution in [2.24, 2.45) is 0 Å². The molecule has 98 valence electrons. The number of rotatable bonds is 2. The van der Waals surface area contributed by atoms with Gasteiger partial charge in [0.25, 0.3) is 5.91 Å². The molecule has 2 aromatic rings. The minimum Gasteiger partial charge on any atom is -0.508 e. The van der Waals surface area contributed by atoms with Gasteiger partial charge in [0.2, 0.25) is 0 Å². The van der Waals surface area contributed by atoms with E-state index in [-0.39, 0.29) is 11.3 Å². The molecule has 0 spiro atoms. The van der Waals surface area contributed by atoms with Crippen molar-refractivity contribution in [3.05, 3.63) is 52.5 Å². The molecule has 2 rings (SSSR count). The van der Waals surface area contributed by atoms with Gasteiger partial charge < -0.3 is 16.2 Å². The number of amides is 1. The predicted octanol–water partition coefficient (Wildman–Crippen LogP) is 3.19. The molecule has 5 heteroatoms. The third-order valence-electron chi connectivity index (χ3n) is 2.74. The van der Waals surface area contributed by atoms with Crippen molar-refractivity contribution in [1.29, 1.82) is 0 Å². The Morgan fingerprint density at radius 2 is 2.05 bits per heavy atom. The molecule has 0 aliphatic carbocycles. The average molecular weight is 277 g/mol. The van der Waals surface area contributed by atoms with Crippen LogP contribution in [0.15, 0.2) is 36.4 Å². The van der Waals surface area contributed by atoms with Crippen LogP contribution >= 0.6 is 11.6 Å². The molecule has 2 aromatic carbocycles. The van der Waals surface area contributed by atoms with E-state index < -0.39 is 5.91 Å². The van der Waals surface area contributed by atoms with Crippen LogP contribution in [-0.2, 0) is 0 Å². The SMILES string of the molecule is Cc1cccc(Cl)c1NC(=O)c1cc(O)ccc1N. The second kappa shape index (κ2) is 5.20. The first kappa shape index (κ1) is 13.2. The number of nitrogen functional groups attached to an aromatic ring is 1. The second-order valence-corrected chi connectivity index (χ2v) is 4.56. The normalized spacial score (nSPS) is 10.2. The monoisotopic (exact) mass is 276 g/mol. The summed E-state index contributed by atoms with van der Waals surface area (Å²) in [4.78, 5) is 12.1. The van der Waals surface area contributed by atoms with E-state index in [1.165, 1.54) is 18.2 Å². The molecule has 0 saturated carbocycles. The number of nitrogens with one attached hydrogen (secondary N) is 1. The van der Waals surface area contributed by atoms with Gasteiger partial charge in [-0.3, -0.25) is 4.79 Å². The number of nitrogens with two attached hydrogens (primary N) is 1. The molecule has 0 unspecified atom stereocenters. The van der Waals surface area contributed by atoms with Crippen molar-refractivity contribution in [2.75, 3.05) is 11.1 Å². The molecule has 0 saturated heterocycles. The maximum Gasteiger partial charge on any atom is 0.257 e. The van der Waals surface area contributed by atoms with Gasteiger partial charge in [0, 0.05) is 5.69 Å². The summed E-state index contributed by atoms with van der Waals surface area (Å²) in [5.74, 6) is -0.431. The highest BCUT2D eigenvalue weighted by Crippen LogP contribution is 2.27. The fraction of sp³-hybridized carbons (Fsp3) is 0.0714. The smallest absolute Gasteiger partial charge is 0.257 e. The number of anilines is 2. The Balaban J connectivity index is 2.34. The van der Waals surface area contributed by atoms with Crippen LogP contribution in [0.1, 0.15) is 15.9 Å². The zero-order valence-electron chi connectivity index (χ0n) is 10.3. The number of para-hydroxylation sites is 1. The lowest BCUT2D eigenvalue weighted by molar-refractivity contribution is 0.102. The summed E-state index contributed by atoms with van der Waals surface area (Å²) >= 11 is 6.04. The van der Waals surface area contributed by atoms with E-state index in [0.29, 0.717) is 16.4 Å². The van der Waals surface area contributed by atoms with Crippen LogP contribution in [0, 0.1) is 6.92 Å². The first-order valence-electron chi connectivity index (χ1n) is 5.64. The molecular formula is C14H13ClN2O2. The topological polar surface area (TPSA) is 75.3 Å². The number of aromatic hydroxyl groups is 1. The number of phenolic OH excluding ortho intramolecular Hbond substituents is 1. The van der Waals surface area contributed by atoms with E-state index >= 15 is 0 Å². The van der Waals surface area contributed by atoms with Crippen LogP contribution in [0.5, 0.6) is 5.75 Å². The molecule has 0 aliphatic heterocycles. The van der Waals surface area contributed by atoms with E-state index in [0.717, 1.165) is 5.56 Å². The summed E-state index contributed by atoms with van der Waals surface area (Å²) in [5, 5.41) is 12.6. The lowest BCUT2D eigenvalue weighted by atomic mass is 10.1. The number of hydrogen-bond acceptors (Lipinski definition) is 3. The Morgan fingerprint density at radius 3 is 2.74 bits per heavy atom. The lowest BCUT2D eigenvalue weighted by Gasteiger charge is -2.11. The molecule has 1 amide bonds. The zero-order valence-corrected chi connectivity index (χ0v) is 11.0. The maximum atomic E-state index is 12.1. The van der Waals surface area contributed by atoms with Crippen molar-refractivity contribution < 1.29 is 9.90 Å². The third-order valence-corrected chi connectivity index (χ3v) is 3.06. The summed E-state index contributed by atoms with van der Waals surface area (Å²) in [5.41, 5.74) is 7.60. The molecule has 0 radical (unpaired) electrons. The fourth-order valence-electron chi connectivity index (χ4n) is 1.71. The van der Waals surface area contributed by atoms with Crippen LogP contribution in [0.4, 0.5) is 11.4 Å². The Kier molecular flexibility index (Phi) is 3.62. The van der Waals surface area contributed by atoms with Gasteiger partial charge in [-0.05, 0) is 36.8 Å². The van der Waals surface area contributed by atoms with Crippen molar-refractivity contribution >= 4 is 28.9 Å². The van der Waals surface area contributed by atoms with Crippen LogP contribution < -0.4 is 11.1 Å². The zero-order chi connectivity index (χ0) is 14.0. The molecule has 4 nitrogen and oxygen atoms in total. The summed E-state index contributed by atoms with van der Waals surface area (Å²) in [6, 6.07) is 9.55. The van der Waals surface area contributed by atoms with Crippen molar-refractivity contribution in [1.82, 2.24) is 0 Å². The molecule has 4 N–H and O–H groups in total. The molecule has 0 bridgehead atoms. The standard InChI is InChI=1S/C14H13ClN2O2/c1-8-3-2-4-11(15)13(8)17-14(19)10-7-9(18)5-6-12(10)16/h2-7,18H,16H2,1H3,(H,17,19). The van der Waals surface area contributed by atoms with Gasteiger partial charge in [0.15, 0.2) is 0 Å². The van der Waals surface area contributed by atoms with Crippen LogP contribution in [0.2, 0.25) is 5.02 Å². The van der Waals surface area contributed by atoms with Gasteiger partial charge in [-0.1, -0.05) is 23.7 Å². The average Bonchev–Trinajstić information content (AvgIpc) is 2.37. The summed E-state index contributed by atoms with van der Waals surface area (Å²) < 4.78 is 0. The van der Waals surface area contributed by atoms with Crippen LogP contribution in [-0.4, -0.2) is 11.0 Å². The molecule has 0 aliphatic rings. The first-order chi connectivity index (χ1) is 8.99. The Labute approximate surface area is 115 Å². The Hall–Kier alpha value is -2.20. The van der Waals surface area contributed by atoms with E-state index in [4.69, 9.17) is 17.3 Å². The van der Waals surface area contributed by atoms with Crippen LogP contribution in [0.3, 0.4) is 0 Å². The fourth-order valence-corrected chi connectivity index (χ4v) is 1.98. The third kappa shape index (κ3) is 2.80. The number of phenols is 1. The number of carbonyl (C=O) groups is 1. The minimum atomic E-state index is -0.412. The number of aryl methyl sites for hydroxylation is 1. The Morgan fingerprint density at radius 1 is 1.32 bits per heavy atom. The maximum absolute atomic E-state index is 12.1. The van der Waals surface area contributed by atoms with Crippen molar-refractivity contribution in [3.63, 3.8) is 0 Å². The summed E-state index contributed by atoms with van der Waals surface area (Å²) in [6.45, 7) is 1.84. The minimum absolute atomic E-state index is 0.0183. The van der Waals surface area contributed by atoms with Gasteiger partial charge in [-0.15, -0.1) is 0 Å². The molecule has 0 aromatic heterocycles. The molecule has 0 fully saturated rings. The second-order valence-electron chi connectivity index (χ2n) is 4.16. The number of hydrogen-bond donors (Lipinski definition) is 3. The van der Waals surface area contributed by atoms with E-state index in [1.54, 1.807) is 12.1 Å².